The Kier molecular flexibility index (Phi) is 4.52. The van der Waals surface area contributed by atoms with Crippen LogP contribution in [-0.4, -0.2) is 10.7 Å². The fraction of sp³-hybridized carbons (Fsp3) is 0.0714. The predicted molar refractivity (Wildman–Crippen MR) is 80.3 cm³/mol. The minimum absolute atomic E-state index is 0.00620. The van der Waals surface area contributed by atoms with Crippen LogP contribution in [0, 0.1) is 10.1 Å². The van der Waals surface area contributed by atoms with Crippen LogP contribution in [0.3, 0.4) is 0 Å². The Hall–Kier alpha value is -1.72. The number of rotatable bonds is 4. The van der Waals surface area contributed by atoms with Gasteiger partial charge in [-0.25, -0.2) is 0 Å². The molecule has 0 unspecified atom stereocenters. The summed E-state index contributed by atoms with van der Waals surface area (Å²) >= 11 is 9.18. The molecule has 0 aliphatic carbocycles. The number of hydrogen-bond donors (Lipinski definition) is 0. The van der Waals surface area contributed by atoms with Crippen molar-refractivity contribution in [2.24, 2.45) is 0 Å². The first-order chi connectivity index (χ1) is 9.45. The van der Waals surface area contributed by atoms with E-state index in [0.717, 1.165) is 10.0 Å². The van der Waals surface area contributed by atoms with Crippen molar-refractivity contribution < 1.29 is 9.72 Å². The molecule has 0 bridgehead atoms. The van der Waals surface area contributed by atoms with E-state index in [9.17, 15) is 14.9 Å². The highest BCUT2D eigenvalue weighted by molar-refractivity contribution is 9.10. The van der Waals surface area contributed by atoms with Crippen LogP contribution >= 0.6 is 27.5 Å². The first-order valence-corrected chi connectivity index (χ1v) is 6.85. The van der Waals surface area contributed by atoms with Gasteiger partial charge in [-0.3, -0.25) is 14.9 Å². The Morgan fingerprint density at radius 1 is 1.20 bits per heavy atom. The van der Waals surface area contributed by atoms with Gasteiger partial charge < -0.3 is 0 Å². The molecule has 4 nitrogen and oxygen atoms in total. The number of nitro groups is 1. The lowest BCUT2D eigenvalue weighted by atomic mass is 10.0. The summed E-state index contributed by atoms with van der Waals surface area (Å²) in [5.74, 6) is -0.0953. The molecule has 0 N–H and O–H groups in total. The fourth-order valence-electron chi connectivity index (χ4n) is 1.74. The van der Waals surface area contributed by atoms with Gasteiger partial charge in [0.1, 0.15) is 0 Å². The summed E-state index contributed by atoms with van der Waals surface area (Å²) in [4.78, 5) is 22.2. The predicted octanol–water partition coefficient (Wildman–Crippen LogP) is 4.44. The topological polar surface area (TPSA) is 60.2 Å². The maximum absolute atomic E-state index is 12.1. The van der Waals surface area contributed by atoms with Gasteiger partial charge in [-0.2, -0.15) is 0 Å². The molecular weight excluding hydrogens is 346 g/mol. The van der Waals surface area contributed by atoms with E-state index in [2.05, 4.69) is 15.9 Å². The number of nitro benzene ring substituents is 1. The molecule has 0 saturated heterocycles. The lowest BCUT2D eigenvalue weighted by Gasteiger charge is -2.03. The summed E-state index contributed by atoms with van der Waals surface area (Å²) in [6.07, 6.45) is 0.171. The molecule has 102 valence electrons. The number of carbonyl (C=O) groups is 1. The summed E-state index contributed by atoms with van der Waals surface area (Å²) in [5.41, 5.74) is 1.23. The largest absolute Gasteiger partial charge is 0.294 e. The highest BCUT2D eigenvalue weighted by Crippen LogP contribution is 2.21. The zero-order valence-electron chi connectivity index (χ0n) is 10.2. The molecule has 2 aromatic carbocycles. The molecule has 0 spiro atoms. The van der Waals surface area contributed by atoms with E-state index < -0.39 is 4.92 Å². The van der Waals surface area contributed by atoms with Crippen LogP contribution in [0.2, 0.25) is 5.02 Å². The molecule has 0 aliphatic rings. The Labute approximate surface area is 128 Å². The number of benzene rings is 2. The molecule has 0 saturated carbocycles. The van der Waals surface area contributed by atoms with Crippen LogP contribution in [0.5, 0.6) is 0 Å². The van der Waals surface area contributed by atoms with Gasteiger partial charge in [-0.1, -0.05) is 39.7 Å². The monoisotopic (exact) mass is 353 g/mol. The number of hydrogen-bond acceptors (Lipinski definition) is 3. The number of ketones is 1. The van der Waals surface area contributed by atoms with Gasteiger partial charge in [-0.15, -0.1) is 0 Å². The van der Waals surface area contributed by atoms with Crippen molar-refractivity contribution in [2.45, 2.75) is 6.42 Å². The summed E-state index contributed by atoms with van der Waals surface area (Å²) in [6, 6.07) is 10.9. The number of halogens is 2. The third-order valence-electron chi connectivity index (χ3n) is 2.70. The molecule has 0 radical (unpaired) electrons. The summed E-state index contributed by atoms with van der Waals surface area (Å²) in [6.45, 7) is 0. The van der Waals surface area contributed by atoms with Crippen molar-refractivity contribution in [3.05, 3.63) is 73.2 Å². The van der Waals surface area contributed by atoms with Gasteiger partial charge in [-0.05, 0) is 23.8 Å². The second kappa shape index (κ2) is 6.15. The van der Waals surface area contributed by atoms with Crippen LogP contribution in [-0.2, 0) is 6.42 Å². The highest BCUT2D eigenvalue weighted by Gasteiger charge is 2.10. The molecule has 0 amide bonds. The van der Waals surface area contributed by atoms with Gasteiger partial charge in [0.2, 0.25) is 0 Å². The van der Waals surface area contributed by atoms with E-state index in [1.807, 2.05) is 0 Å². The third-order valence-corrected chi connectivity index (χ3v) is 3.37. The van der Waals surface area contributed by atoms with Crippen molar-refractivity contribution in [2.75, 3.05) is 0 Å². The zero-order valence-corrected chi connectivity index (χ0v) is 12.5. The quantitative estimate of drug-likeness (QED) is 0.463. The molecule has 0 fully saturated rings. The van der Waals surface area contributed by atoms with E-state index in [-0.39, 0.29) is 17.9 Å². The van der Waals surface area contributed by atoms with Crippen LogP contribution in [0.4, 0.5) is 5.69 Å². The summed E-state index contributed by atoms with van der Waals surface area (Å²) in [5, 5.41) is 11.0. The molecule has 0 heterocycles. The lowest BCUT2D eigenvalue weighted by Crippen LogP contribution is -2.03. The minimum Gasteiger partial charge on any atom is -0.294 e. The van der Waals surface area contributed by atoms with Crippen molar-refractivity contribution >= 4 is 39.0 Å². The summed E-state index contributed by atoms with van der Waals surface area (Å²) < 4.78 is 0.733. The second-order valence-corrected chi connectivity index (χ2v) is 5.53. The highest BCUT2D eigenvalue weighted by atomic mass is 79.9. The van der Waals surface area contributed by atoms with Crippen LogP contribution in [0.15, 0.2) is 46.9 Å². The van der Waals surface area contributed by atoms with Gasteiger partial charge in [0.05, 0.1) is 4.92 Å². The Morgan fingerprint density at radius 3 is 2.40 bits per heavy atom. The van der Waals surface area contributed by atoms with Crippen LogP contribution in [0.1, 0.15) is 15.9 Å². The molecule has 6 heteroatoms. The molecule has 20 heavy (non-hydrogen) atoms. The Bertz CT molecular complexity index is 650. The average Bonchev–Trinajstić information content (AvgIpc) is 2.38. The van der Waals surface area contributed by atoms with E-state index in [1.165, 1.54) is 12.1 Å². The van der Waals surface area contributed by atoms with Crippen molar-refractivity contribution in [1.29, 1.82) is 0 Å². The first-order valence-electron chi connectivity index (χ1n) is 5.68. The van der Waals surface area contributed by atoms with Crippen molar-refractivity contribution in [3.8, 4) is 0 Å². The second-order valence-electron chi connectivity index (χ2n) is 4.18. The van der Waals surface area contributed by atoms with Gasteiger partial charge in [0.15, 0.2) is 5.78 Å². The lowest BCUT2D eigenvalue weighted by molar-refractivity contribution is -0.384. The average molecular weight is 355 g/mol. The minimum atomic E-state index is -0.473. The van der Waals surface area contributed by atoms with Crippen molar-refractivity contribution in [1.82, 2.24) is 0 Å². The maximum Gasteiger partial charge on any atom is 0.269 e. The summed E-state index contributed by atoms with van der Waals surface area (Å²) in [7, 11) is 0. The molecule has 2 aromatic rings. The fourth-order valence-corrected chi connectivity index (χ4v) is 2.60. The normalized spacial score (nSPS) is 10.3. The van der Waals surface area contributed by atoms with Crippen LogP contribution < -0.4 is 0 Å². The zero-order chi connectivity index (χ0) is 14.7. The molecule has 0 atom stereocenters. The first kappa shape index (κ1) is 14.7. The number of Topliss-reactive ketones (excluding diaryl/α,β-unsaturated/α-hetero) is 1. The molecule has 0 aromatic heterocycles. The number of carbonyl (C=O) groups excluding carboxylic acids is 1. The van der Waals surface area contributed by atoms with Gasteiger partial charge in [0, 0.05) is 33.6 Å². The SMILES string of the molecule is O=C(Cc1ccc([N+](=O)[O-])cc1)c1cc(Cl)cc(Br)c1. The maximum atomic E-state index is 12.1. The number of non-ortho nitro benzene ring substituents is 1. The smallest absolute Gasteiger partial charge is 0.269 e. The molecule has 0 aliphatic heterocycles. The Balaban J connectivity index is 2.16. The Morgan fingerprint density at radius 2 is 1.85 bits per heavy atom. The molecule has 2 rings (SSSR count). The van der Waals surface area contributed by atoms with E-state index in [1.54, 1.807) is 30.3 Å². The molecular formula is C14H9BrClNO3. The third kappa shape index (κ3) is 3.65. The van der Waals surface area contributed by atoms with Gasteiger partial charge in [0.25, 0.3) is 5.69 Å². The van der Waals surface area contributed by atoms with E-state index >= 15 is 0 Å². The van der Waals surface area contributed by atoms with E-state index in [0.29, 0.717) is 10.6 Å². The van der Waals surface area contributed by atoms with E-state index in [4.69, 9.17) is 11.6 Å². The van der Waals surface area contributed by atoms with Crippen molar-refractivity contribution in [3.63, 3.8) is 0 Å². The van der Waals surface area contributed by atoms with Crippen LogP contribution in [0.25, 0.3) is 0 Å². The standard InChI is InChI=1S/C14H9BrClNO3/c15-11-6-10(7-12(16)8-11)14(18)5-9-1-3-13(4-2-9)17(19)20/h1-4,6-8H,5H2. The van der Waals surface area contributed by atoms with Gasteiger partial charge >= 0.3 is 0 Å². The number of nitrogens with zero attached hydrogens (tertiary/aromatic N) is 1.